The number of hydrogen-bond donors (Lipinski definition) is 0. The van der Waals surface area contributed by atoms with Crippen molar-refractivity contribution in [2.24, 2.45) is 0 Å². The minimum Gasteiger partial charge on any atom is -0.492 e. The molecule has 0 saturated carbocycles. The topological polar surface area (TPSA) is 52.6 Å². The molecule has 0 saturated heterocycles. The van der Waals surface area contributed by atoms with Gasteiger partial charge in [0, 0.05) is 5.39 Å². The number of hydrogen-bond acceptors (Lipinski definition) is 4. The Morgan fingerprint density at radius 2 is 1.76 bits per heavy atom. The van der Waals surface area contributed by atoms with Crippen molar-refractivity contribution in [2.75, 3.05) is 7.11 Å². The zero-order valence-corrected chi connectivity index (χ0v) is 9.44. The number of fused-ring (bicyclic) bond motifs is 2. The van der Waals surface area contributed by atoms with Gasteiger partial charge in [-0.05, 0) is 19.1 Å². The van der Waals surface area contributed by atoms with E-state index in [4.69, 9.17) is 13.6 Å². The van der Waals surface area contributed by atoms with Gasteiger partial charge in [0.05, 0.1) is 30.6 Å². The quantitative estimate of drug-likeness (QED) is 0.633. The van der Waals surface area contributed by atoms with Gasteiger partial charge in [-0.25, -0.2) is 0 Å². The number of furan rings is 2. The summed E-state index contributed by atoms with van der Waals surface area (Å²) in [6.07, 6.45) is 3.08. The van der Waals surface area contributed by atoms with Gasteiger partial charge in [0.25, 0.3) is 0 Å². The molecule has 0 amide bonds. The third-order valence-electron chi connectivity index (χ3n) is 2.83. The SMILES string of the molecule is COc1c2ccoc2c(C(C)=O)c2ccoc12. The van der Waals surface area contributed by atoms with Crippen molar-refractivity contribution < 1.29 is 18.4 Å². The van der Waals surface area contributed by atoms with Gasteiger partial charge in [-0.1, -0.05) is 0 Å². The summed E-state index contributed by atoms with van der Waals surface area (Å²) in [5.41, 5.74) is 1.66. The fourth-order valence-electron chi connectivity index (χ4n) is 2.16. The zero-order valence-electron chi connectivity index (χ0n) is 9.44. The maximum absolute atomic E-state index is 11.7. The predicted molar refractivity (Wildman–Crippen MR) is 62.5 cm³/mol. The molecule has 0 bridgehead atoms. The summed E-state index contributed by atoms with van der Waals surface area (Å²) in [6, 6.07) is 3.51. The molecule has 3 rings (SSSR count). The number of Topliss-reactive ketones (excluding diaryl/α,β-unsaturated/α-hetero) is 1. The van der Waals surface area contributed by atoms with Crippen molar-refractivity contribution in [2.45, 2.75) is 6.92 Å². The average molecular weight is 230 g/mol. The minimum atomic E-state index is -0.0565. The number of benzene rings is 1. The highest BCUT2D eigenvalue weighted by molar-refractivity contribution is 6.18. The molecule has 4 heteroatoms. The molecular formula is C13H10O4. The van der Waals surface area contributed by atoms with Crippen LogP contribution in [-0.2, 0) is 0 Å². The van der Waals surface area contributed by atoms with Crippen LogP contribution in [0.4, 0.5) is 0 Å². The van der Waals surface area contributed by atoms with Crippen LogP contribution in [0.25, 0.3) is 21.9 Å². The Labute approximate surface area is 96.8 Å². The van der Waals surface area contributed by atoms with Crippen LogP contribution in [0, 0.1) is 0 Å². The molecule has 0 fully saturated rings. The number of rotatable bonds is 2. The summed E-state index contributed by atoms with van der Waals surface area (Å²) in [5, 5.41) is 1.47. The summed E-state index contributed by atoms with van der Waals surface area (Å²) in [7, 11) is 1.57. The number of methoxy groups -OCH3 is 1. The van der Waals surface area contributed by atoms with E-state index in [2.05, 4.69) is 0 Å². The Morgan fingerprint density at radius 3 is 2.41 bits per heavy atom. The molecule has 86 valence electrons. The van der Waals surface area contributed by atoms with Crippen molar-refractivity contribution >= 4 is 27.7 Å². The van der Waals surface area contributed by atoms with E-state index in [0.717, 1.165) is 10.8 Å². The molecule has 0 aliphatic heterocycles. The normalized spacial score (nSPS) is 11.2. The molecule has 3 aromatic rings. The molecule has 1 aromatic carbocycles. The molecule has 17 heavy (non-hydrogen) atoms. The predicted octanol–water partition coefficient (Wildman–Crippen LogP) is 3.39. The van der Waals surface area contributed by atoms with Gasteiger partial charge in [-0.2, -0.15) is 0 Å². The van der Waals surface area contributed by atoms with Gasteiger partial charge < -0.3 is 13.6 Å². The Balaban J connectivity index is 2.62. The van der Waals surface area contributed by atoms with Crippen LogP contribution < -0.4 is 4.74 Å². The first-order valence-electron chi connectivity index (χ1n) is 5.19. The molecule has 0 aliphatic rings. The summed E-state index contributed by atoms with van der Waals surface area (Å²) < 4.78 is 16.1. The minimum absolute atomic E-state index is 0.0565. The van der Waals surface area contributed by atoms with Crippen molar-refractivity contribution in [3.05, 3.63) is 30.2 Å². The van der Waals surface area contributed by atoms with Crippen molar-refractivity contribution in [1.29, 1.82) is 0 Å². The Kier molecular flexibility index (Phi) is 1.98. The Morgan fingerprint density at radius 1 is 1.12 bits per heavy atom. The maximum Gasteiger partial charge on any atom is 0.177 e. The van der Waals surface area contributed by atoms with Crippen molar-refractivity contribution in [3.63, 3.8) is 0 Å². The van der Waals surface area contributed by atoms with Crippen LogP contribution >= 0.6 is 0 Å². The Bertz CT molecular complexity index is 666. The molecule has 0 radical (unpaired) electrons. The lowest BCUT2D eigenvalue weighted by molar-refractivity contribution is 0.102. The van der Waals surface area contributed by atoms with Gasteiger partial charge in [0.1, 0.15) is 5.58 Å². The largest absolute Gasteiger partial charge is 0.492 e. The number of carbonyl (C=O) groups is 1. The number of ether oxygens (including phenoxy) is 1. The van der Waals surface area contributed by atoms with E-state index in [9.17, 15) is 4.79 Å². The van der Waals surface area contributed by atoms with Gasteiger partial charge >= 0.3 is 0 Å². The third kappa shape index (κ3) is 1.21. The van der Waals surface area contributed by atoms with Gasteiger partial charge in [0.2, 0.25) is 0 Å². The highest BCUT2D eigenvalue weighted by Gasteiger charge is 2.21. The summed E-state index contributed by atoms with van der Waals surface area (Å²) in [5.74, 6) is 0.540. The van der Waals surface area contributed by atoms with Crippen LogP contribution in [0.3, 0.4) is 0 Å². The molecule has 0 atom stereocenters. The van der Waals surface area contributed by atoms with E-state index in [1.165, 1.54) is 6.92 Å². The van der Waals surface area contributed by atoms with Crippen LogP contribution in [0.15, 0.2) is 33.5 Å². The van der Waals surface area contributed by atoms with E-state index in [1.807, 2.05) is 0 Å². The summed E-state index contributed by atoms with van der Waals surface area (Å²) in [6.45, 7) is 1.51. The molecular weight excluding hydrogens is 220 g/mol. The maximum atomic E-state index is 11.7. The monoisotopic (exact) mass is 230 g/mol. The summed E-state index contributed by atoms with van der Waals surface area (Å²) in [4.78, 5) is 11.7. The van der Waals surface area contributed by atoms with E-state index < -0.39 is 0 Å². The molecule has 0 N–H and O–H groups in total. The summed E-state index contributed by atoms with van der Waals surface area (Å²) >= 11 is 0. The van der Waals surface area contributed by atoms with Gasteiger partial charge in [0.15, 0.2) is 17.1 Å². The van der Waals surface area contributed by atoms with Gasteiger partial charge in [-0.15, -0.1) is 0 Å². The first-order valence-corrected chi connectivity index (χ1v) is 5.19. The fraction of sp³-hybridized carbons (Fsp3) is 0.154. The molecule has 2 aromatic heterocycles. The third-order valence-corrected chi connectivity index (χ3v) is 2.83. The molecule has 2 heterocycles. The van der Waals surface area contributed by atoms with Crippen molar-refractivity contribution in [1.82, 2.24) is 0 Å². The van der Waals surface area contributed by atoms with Crippen LogP contribution in [-0.4, -0.2) is 12.9 Å². The number of carbonyl (C=O) groups excluding carboxylic acids is 1. The van der Waals surface area contributed by atoms with E-state index in [-0.39, 0.29) is 5.78 Å². The molecule has 0 spiro atoms. The first kappa shape index (κ1) is 9.96. The lowest BCUT2D eigenvalue weighted by atomic mass is 10.0. The molecule has 0 unspecified atom stereocenters. The molecule has 4 nitrogen and oxygen atoms in total. The average Bonchev–Trinajstić information content (AvgIpc) is 2.92. The van der Waals surface area contributed by atoms with Gasteiger partial charge in [-0.3, -0.25) is 4.79 Å². The second-order valence-electron chi connectivity index (χ2n) is 3.79. The standard InChI is InChI=1S/C13H10O4/c1-7(14)10-8-3-5-17-13(8)12(15-2)9-4-6-16-11(9)10/h3-6H,1-2H3. The van der Waals surface area contributed by atoms with Crippen LogP contribution in [0.1, 0.15) is 17.3 Å². The van der Waals surface area contributed by atoms with E-state index in [0.29, 0.717) is 22.5 Å². The zero-order chi connectivity index (χ0) is 12.0. The first-order chi connectivity index (χ1) is 8.24. The van der Waals surface area contributed by atoms with Crippen LogP contribution in [0.2, 0.25) is 0 Å². The smallest absolute Gasteiger partial charge is 0.177 e. The lowest BCUT2D eigenvalue weighted by Crippen LogP contribution is -1.95. The van der Waals surface area contributed by atoms with Crippen LogP contribution in [0.5, 0.6) is 5.75 Å². The molecule has 0 aliphatic carbocycles. The van der Waals surface area contributed by atoms with E-state index >= 15 is 0 Å². The highest BCUT2D eigenvalue weighted by Crippen LogP contribution is 2.39. The second-order valence-corrected chi connectivity index (χ2v) is 3.79. The highest BCUT2D eigenvalue weighted by atomic mass is 16.5. The second kappa shape index (κ2) is 3.38. The Hall–Kier alpha value is -2.23. The fourth-order valence-corrected chi connectivity index (χ4v) is 2.16. The van der Waals surface area contributed by atoms with E-state index in [1.54, 1.807) is 31.8 Å². The lowest BCUT2D eigenvalue weighted by Gasteiger charge is -2.05. The number of ketones is 1. The van der Waals surface area contributed by atoms with Crippen molar-refractivity contribution in [3.8, 4) is 5.75 Å².